The number of nitrogens with one attached hydrogen (secondary N) is 1. The number of nitrogens with zero attached hydrogens (tertiary/aromatic N) is 1. The molecular formula is C17H28N2. The summed E-state index contributed by atoms with van der Waals surface area (Å²) in [6, 6.07) is 9.43. The van der Waals surface area contributed by atoms with E-state index in [1.165, 1.54) is 37.1 Å². The van der Waals surface area contributed by atoms with Gasteiger partial charge in [-0.3, -0.25) is 0 Å². The maximum atomic E-state index is 3.69. The Hall–Kier alpha value is -1.18. The Morgan fingerprint density at radius 1 is 1.00 bits per heavy atom. The normalized spacial score (nSPS) is 23.4. The molecule has 0 amide bonds. The molecular weight excluding hydrogens is 232 g/mol. The minimum atomic E-state index is 0.667. The summed E-state index contributed by atoms with van der Waals surface area (Å²) < 4.78 is 0. The number of benzene rings is 1. The molecule has 2 nitrogen and oxygen atoms in total. The lowest BCUT2D eigenvalue weighted by atomic mass is 9.79. The largest absolute Gasteiger partial charge is 0.382 e. The highest BCUT2D eigenvalue weighted by Gasteiger charge is 2.22. The van der Waals surface area contributed by atoms with Gasteiger partial charge in [-0.15, -0.1) is 0 Å². The first-order valence-corrected chi connectivity index (χ1v) is 7.60. The molecule has 0 spiro atoms. The fourth-order valence-corrected chi connectivity index (χ4v) is 3.02. The summed E-state index contributed by atoms with van der Waals surface area (Å²) >= 11 is 0. The average Bonchev–Trinajstić information content (AvgIpc) is 2.40. The van der Waals surface area contributed by atoms with Gasteiger partial charge < -0.3 is 10.2 Å². The van der Waals surface area contributed by atoms with E-state index in [-0.39, 0.29) is 0 Å². The second-order valence-electron chi connectivity index (χ2n) is 6.44. The lowest BCUT2D eigenvalue weighted by molar-refractivity contribution is 0.267. The standard InChI is InChI=1S/C17H28N2/c1-13(2)14-5-7-15(8-6-14)18-16-9-11-17(12-10-16)19(3)4/h9-15,18H,5-8H2,1-4H3. The molecule has 1 saturated carbocycles. The Bertz CT molecular complexity index is 373. The van der Waals surface area contributed by atoms with Crippen molar-refractivity contribution in [1.82, 2.24) is 0 Å². The van der Waals surface area contributed by atoms with Crippen LogP contribution in [0.5, 0.6) is 0 Å². The third kappa shape index (κ3) is 3.89. The van der Waals surface area contributed by atoms with Gasteiger partial charge in [0.2, 0.25) is 0 Å². The van der Waals surface area contributed by atoms with Crippen molar-refractivity contribution >= 4 is 11.4 Å². The summed E-state index contributed by atoms with van der Waals surface area (Å²) in [4.78, 5) is 2.14. The zero-order valence-corrected chi connectivity index (χ0v) is 12.8. The van der Waals surface area contributed by atoms with Crippen molar-refractivity contribution in [1.29, 1.82) is 0 Å². The van der Waals surface area contributed by atoms with E-state index < -0.39 is 0 Å². The first kappa shape index (κ1) is 14.2. The molecule has 1 aromatic rings. The average molecular weight is 260 g/mol. The van der Waals surface area contributed by atoms with Crippen molar-refractivity contribution in [3.8, 4) is 0 Å². The first-order chi connectivity index (χ1) is 9.06. The Morgan fingerprint density at radius 2 is 1.58 bits per heavy atom. The second-order valence-corrected chi connectivity index (χ2v) is 6.44. The Morgan fingerprint density at radius 3 is 2.05 bits per heavy atom. The molecule has 1 aliphatic rings. The maximum Gasteiger partial charge on any atom is 0.0362 e. The summed E-state index contributed by atoms with van der Waals surface area (Å²) in [5.74, 6) is 1.79. The van der Waals surface area contributed by atoms with Crippen LogP contribution in [0.25, 0.3) is 0 Å². The monoisotopic (exact) mass is 260 g/mol. The summed E-state index contributed by atoms with van der Waals surface area (Å²) in [5.41, 5.74) is 2.52. The van der Waals surface area contributed by atoms with Crippen molar-refractivity contribution in [2.75, 3.05) is 24.3 Å². The highest BCUT2D eigenvalue weighted by Crippen LogP contribution is 2.31. The molecule has 0 atom stereocenters. The molecule has 0 heterocycles. The van der Waals surface area contributed by atoms with Gasteiger partial charge in [0.05, 0.1) is 0 Å². The summed E-state index contributed by atoms with van der Waals surface area (Å²) in [6.45, 7) is 4.72. The third-order valence-corrected chi connectivity index (χ3v) is 4.47. The van der Waals surface area contributed by atoms with E-state index >= 15 is 0 Å². The van der Waals surface area contributed by atoms with Crippen molar-refractivity contribution in [2.45, 2.75) is 45.6 Å². The topological polar surface area (TPSA) is 15.3 Å². The van der Waals surface area contributed by atoms with Crippen LogP contribution in [0.4, 0.5) is 11.4 Å². The van der Waals surface area contributed by atoms with Crippen LogP contribution in [0.3, 0.4) is 0 Å². The molecule has 0 aromatic heterocycles. The zero-order valence-electron chi connectivity index (χ0n) is 12.8. The van der Waals surface area contributed by atoms with E-state index in [0.29, 0.717) is 6.04 Å². The summed E-state index contributed by atoms with van der Waals surface area (Å²) in [7, 11) is 4.16. The molecule has 0 radical (unpaired) electrons. The molecule has 0 saturated heterocycles. The Balaban J connectivity index is 1.85. The van der Waals surface area contributed by atoms with E-state index in [4.69, 9.17) is 0 Å². The lowest BCUT2D eigenvalue weighted by Crippen LogP contribution is -2.27. The Kier molecular flexibility index (Phi) is 4.73. The number of hydrogen-bond acceptors (Lipinski definition) is 2. The lowest BCUT2D eigenvalue weighted by Gasteiger charge is -2.32. The molecule has 1 N–H and O–H groups in total. The van der Waals surface area contributed by atoms with Crippen LogP contribution in [0.2, 0.25) is 0 Å². The van der Waals surface area contributed by atoms with E-state index in [0.717, 1.165) is 11.8 Å². The van der Waals surface area contributed by atoms with Crippen LogP contribution in [0.15, 0.2) is 24.3 Å². The molecule has 2 rings (SSSR count). The molecule has 0 unspecified atom stereocenters. The molecule has 1 aromatic carbocycles. The highest BCUT2D eigenvalue weighted by molar-refractivity contribution is 5.54. The third-order valence-electron chi connectivity index (χ3n) is 4.47. The minimum absolute atomic E-state index is 0.667. The Labute approximate surface area is 118 Å². The number of rotatable bonds is 4. The van der Waals surface area contributed by atoms with Gasteiger partial charge in [0, 0.05) is 31.5 Å². The molecule has 1 fully saturated rings. The maximum absolute atomic E-state index is 3.69. The molecule has 2 heteroatoms. The minimum Gasteiger partial charge on any atom is -0.382 e. The number of hydrogen-bond donors (Lipinski definition) is 1. The van der Waals surface area contributed by atoms with Gasteiger partial charge in [0.25, 0.3) is 0 Å². The quantitative estimate of drug-likeness (QED) is 0.864. The van der Waals surface area contributed by atoms with Crippen LogP contribution in [0.1, 0.15) is 39.5 Å². The SMILES string of the molecule is CC(C)C1CCC(Nc2ccc(N(C)C)cc2)CC1. The summed E-state index contributed by atoms with van der Waals surface area (Å²) in [5, 5.41) is 3.69. The van der Waals surface area contributed by atoms with Gasteiger partial charge in [0.15, 0.2) is 0 Å². The first-order valence-electron chi connectivity index (χ1n) is 7.60. The fraction of sp³-hybridized carbons (Fsp3) is 0.647. The van der Waals surface area contributed by atoms with E-state index in [2.05, 4.69) is 62.4 Å². The molecule has 0 bridgehead atoms. The van der Waals surface area contributed by atoms with Gasteiger partial charge in [0.1, 0.15) is 0 Å². The van der Waals surface area contributed by atoms with E-state index in [1.54, 1.807) is 0 Å². The molecule has 19 heavy (non-hydrogen) atoms. The number of anilines is 2. The smallest absolute Gasteiger partial charge is 0.0362 e. The van der Waals surface area contributed by atoms with Crippen LogP contribution in [-0.2, 0) is 0 Å². The van der Waals surface area contributed by atoms with Crippen LogP contribution in [0, 0.1) is 11.8 Å². The second kappa shape index (κ2) is 6.31. The van der Waals surface area contributed by atoms with Crippen LogP contribution >= 0.6 is 0 Å². The van der Waals surface area contributed by atoms with E-state index in [9.17, 15) is 0 Å². The van der Waals surface area contributed by atoms with Gasteiger partial charge >= 0.3 is 0 Å². The molecule has 1 aliphatic carbocycles. The van der Waals surface area contributed by atoms with Crippen molar-refractivity contribution < 1.29 is 0 Å². The van der Waals surface area contributed by atoms with Crippen molar-refractivity contribution in [3.63, 3.8) is 0 Å². The fourth-order valence-electron chi connectivity index (χ4n) is 3.02. The van der Waals surface area contributed by atoms with Crippen LogP contribution in [-0.4, -0.2) is 20.1 Å². The molecule has 0 aliphatic heterocycles. The summed E-state index contributed by atoms with van der Waals surface area (Å²) in [6.07, 6.45) is 5.40. The van der Waals surface area contributed by atoms with E-state index in [1.807, 2.05) is 0 Å². The van der Waals surface area contributed by atoms with Gasteiger partial charge in [-0.25, -0.2) is 0 Å². The van der Waals surface area contributed by atoms with Gasteiger partial charge in [-0.05, 0) is 61.8 Å². The van der Waals surface area contributed by atoms with Crippen molar-refractivity contribution in [2.24, 2.45) is 11.8 Å². The predicted molar refractivity (Wildman–Crippen MR) is 85.0 cm³/mol. The molecule has 106 valence electrons. The van der Waals surface area contributed by atoms with Gasteiger partial charge in [-0.2, -0.15) is 0 Å². The van der Waals surface area contributed by atoms with Crippen molar-refractivity contribution in [3.05, 3.63) is 24.3 Å². The highest BCUT2D eigenvalue weighted by atomic mass is 15.1. The zero-order chi connectivity index (χ0) is 13.8. The van der Waals surface area contributed by atoms with Crippen LogP contribution < -0.4 is 10.2 Å². The van der Waals surface area contributed by atoms with Gasteiger partial charge in [-0.1, -0.05) is 13.8 Å². The predicted octanol–water partition coefficient (Wildman–Crippen LogP) is 4.38.